The van der Waals surface area contributed by atoms with E-state index in [4.69, 9.17) is 9.15 Å². The lowest BCUT2D eigenvalue weighted by Gasteiger charge is -2.06. The number of rotatable bonds is 6. The number of halogens is 1. The van der Waals surface area contributed by atoms with Crippen molar-refractivity contribution in [3.05, 3.63) is 79.9 Å². The Hall–Kier alpha value is -2.97. The predicted octanol–water partition coefficient (Wildman–Crippen LogP) is 5.81. The van der Waals surface area contributed by atoms with Crippen molar-refractivity contribution in [2.75, 3.05) is 5.32 Å². The van der Waals surface area contributed by atoms with Gasteiger partial charge in [0.1, 0.15) is 17.2 Å². The molecule has 0 bridgehead atoms. The van der Waals surface area contributed by atoms with Gasteiger partial charge >= 0.3 is 5.97 Å². The normalized spacial score (nSPS) is 10.9. The van der Waals surface area contributed by atoms with Gasteiger partial charge in [0.25, 0.3) is 0 Å². The Kier molecular flexibility index (Phi) is 6.20. The van der Waals surface area contributed by atoms with E-state index >= 15 is 0 Å². The summed E-state index contributed by atoms with van der Waals surface area (Å²) in [4.78, 5) is 29.2. The molecule has 0 aliphatic carbocycles. The van der Waals surface area contributed by atoms with E-state index in [1.54, 1.807) is 11.4 Å². The number of hydrogen-bond acceptors (Lipinski definition) is 6. The fourth-order valence-electron chi connectivity index (χ4n) is 3.13. The van der Waals surface area contributed by atoms with Gasteiger partial charge in [-0.3, -0.25) is 4.79 Å². The lowest BCUT2D eigenvalue weighted by Crippen LogP contribution is -2.15. The summed E-state index contributed by atoms with van der Waals surface area (Å²) >= 11 is 4.78. The molecule has 0 aliphatic rings. The average molecular weight is 499 g/mol. The summed E-state index contributed by atoms with van der Waals surface area (Å²) in [5, 5.41) is 6.19. The first-order valence-electron chi connectivity index (χ1n) is 9.55. The number of benzene rings is 2. The molecule has 0 spiro atoms. The van der Waals surface area contributed by atoms with Crippen LogP contribution in [0.1, 0.15) is 32.4 Å². The average Bonchev–Trinajstić information content (AvgIpc) is 3.32. The number of thiazole rings is 1. The molecule has 0 fully saturated rings. The molecule has 0 radical (unpaired) electrons. The second-order valence-electron chi connectivity index (χ2n) is 7.05. The highest BCUT2D eigenvalue weighted by molar-refractivity contribution is 9.10. The molecule has 2 aromatic carbocycles. The Balaban J connectivity index is 1.36. The molecule has 0 saturated carbocycles. The number of carbonyl (C=O) groups excluding carboxylic acids is 2. The number of anilines is 1. The Morgan fingerprint density at radius 1 is 1.19 bits per heavy atom. The Bertz CT molecular complexity index is 1280. The SMILES string of the molecule is Cc1ccccc1NC(=O)Cc1nc(COC(=O)c2oc3ccc(Br)cc3c2C)cs1. The van der Waals surface area contributed by atoms with Crippen molar-refractivity contribution in [2.45, 2.75) is 26.9 Å². The number of esters is 1. The molecular formula is C23H19BrN2O4S. The van der Waals surface area contributed by atoms with Crippen molar-refractivity contribution in [2.24, 2.45) is 0 Å². The first-order chi connectivity index (χ1) is 14.9. The zero-order valence-electron chi connectivity index (χ0n) is 16.9. The zero-order valence-corrected chi connectivity index (χ0v) is 19.3. The second kappa shape index (κ2) is 9.03. The third-order valence-corrected chi connectivity index (χ3v) is 6.16. The third-order valence-electron chi connectivity index (χ3n) is 4.77. The number of fused-ring (bicyclic) bond motifs is 1. The quantitative estimate of drug-likeness (QED) is 0.339. The topological polar surface area (TPSA) is 81.4 Å². The van der Waals surface area contributed by atoms with Crippen LogP contribution >= 0.6 is 27.3 Å². The fraction of sp³-hybridized carbons (Fsp3) is 0.174. The van der Waals surface area contributed by atoms with E-state index in [9.17, 15) is 9.59 Å². The molecule has 0 atom stereocenters. The molecule has 31 heavy (non-hydrogen) atoms. The zero-order chi connectivity index (χ0) is 22.0. The number of aryl methyl sites for hydroxylation is 2. The number of aromatic nitrogens is 1. The highest BCUT2D eigenvalue weighted by Crippen LogP contribution is 2.28. The van der Waals surface area contributed by atoms with Crippen LogP contribution < -0.4 is 5.32 Å². The summed E-state index contributed by atoms with van der Waals surface area (Å²) in [5.74, 6) is -0.505. The Labute approximate surface area is 191 Å². The van der Waals surface area contributed by atoms with Crippen LogP contribution in [-0.4, -0.2) is 16.9 Å². The number of carbonyl (C=O) groups is 2. The van der Waals surface area contributed by atoms with Crippen LogP contribution in [0.3, 0.4) is 0 Å². The first kappa shape index (κ1) is 21.3. The molecule has 1 amide bonds. The van der Waals surface area contributed by atoms with Gasteiger partial charge in [-0.05, 0) is 43.7 Å². The van der Waals surface area contributed by atoms with Crippen molar-refractivity contribution < 1.29 is 18.7 Å². The van der Waals surface area contributed by atoms with Crippen molar-refractivity contribution in [1.82, 2.24) is 4.98 Å². The third kappa shape index (κ3) is 4.86. The molecule has 0 aliphatic heterocycles. The number of hydrogen-bond donors (Lipinski definition) is 1. The van der Waals surface area contributed by atoms with E-state index in [1.807, 2.05) is 50.2 Å². The van der Waals surface area contributed by atoms with E-state index in [-0.39, 0.29) is 24.7 Å². The number of amides is 1. The Morgan fingerprint density at radius 2 is 2.00 bits per heavy atom. The molecule has 2 heterocycles. The van der Waals surface area contributed by atoms with Crippen LogP contribution in [0.4, 0.5) is 5.69 Å². The Morgan fingerprint density at radius 3 is 2.81 bits per heavy atom. The van der Waals surface area contributed by atoms with Gasteiger partial charge in [0.15, 0.2) is 0 Å². The van der Waals surface area contributed by atoms with E-state index in [0.29, 0.717) is 16.3 Å². The van der Waals surface area contributed by atoms with E-state index in [2.05, 4.69) is 26.2 Å². The van der Waals surface area contributed by atoms with Crippen LogP contribution in [0, 0.1) is 13.8 Å². The summed E-state index contributed by atoms with van der Waals surface area (Å²) in [7, 11) is 0. The van der Waals surface area contributed by atoms with Crippen molar-refractivity contribution >= 4 is 55.8 Å². The molecule has 0 unspecified atom stereocenters. The van der Waals surface area contributed by atoms with Crippen molar-refractivity contribution in [3.63, 3.8) is 0 Å². The molecule has 8 heteroatoms. The van der Waals surface area contributed by atoms with E-state index in [0.717, 1.165) is 26.7 Å². The van der Waals surface area contributed by atoms with Crippen molar-refractivity contribution in [1.29, 1.82) is 0 Å². The fourth-order valence-corrected chi connectivity index (χ4v) is 4.27. The van der Waals surface area contributed by atoms with Gasteiger partial charge in [-0.15, -0.1) is 11.3 Å². The molecule has 0 saturated heterocycles. The predicted molar refractivity (Wildman–Crippen MR) is 123 cm³/mol. The molecule has 2 aromatic heterocycles. The van der Waals surface area contributed by atoms with Crippen LogP contribution in [0.25, 0.3) is 11.0 Å². The lowest BCUT2D eigenvalue weighted by molar-refractivity contribution is -0.115. The molecule has 4 aromatic rings. The van der Waals surface area contributed by atoms with Gasteiger partial charge in [0, 0.05) is 26.5 Å². The number of para-hydroxylation sites is 1. The summed E-state index contributed by atoms with van der Waals surface area (Å²) in [5.41, 5.74) is 3.73. The maximum absolute atomic E-state index is 12.5. The number of furan rings is 1. The number of nitrogens with one attached hydrogen (secondary N) is 1. The van der Waals surface area contributed by atoms with Crippen LogP contribution in [-0.2, 0) is 22.6 Å². The van der Waals surface area contributed by atoms with E-state index in [1.165, 1.54) is 11.3 Å². The largest absolute Gasteiger partial charge is 0.453 e. The summed E-state index contributed by atoms with van der Waals surface area (Å²) in [6.45, 7) is 3.77. The minimum Gasteiger partial charge on any atom is -0.453 e. The minimum absolute atomic E-state index is 0.00885. The van der Waals surface area contributed by atoms with Gasteiger partial charge in [-0.2, -0.15) is 0 Å². The van der Waals surface area contributed by atoms with Crippen LogP contribution in [0.2, 0.25) is 0 Å². The maximum Gasteiger partial charge on any atom is 0.374 e. The standard InChI is InChI=1S/C23H19BrN2O4S/c1-13-5-3-4-6-18(13)26-20(27)10-21-25-16(12-31-21)11-29-23(28)22-14(2)17-9-15(24)7-8-19(17)30-22/h3-9,12H,10-11H2,1-2H3,(H,26,27). The minimum atomic E-state index is -0.545. The van der Waals surface area contributed by atoms with Crippen LogP contribution in [0.5, 0.6) is 0 Å². The maximum atomic E-state index is 12.5. The highest BCUT2D eigenvalue weighted by Gasteiger charge is 2.20. The first-order valence-corrected chi connectivity index (χ1v) is 11.2. The summed E-state index contributed by atoms with van der Waals surface area (Å²) in [6.07, 6.45) is 0.157. The van der Waals surface area contributed by atoms with Crippen molar-refractivity contribution in [3.8, 4) is 0 Å². The molecule has 4 rings (SSSR count). The summed E-state index contributed by atoms with van der Waals surface area (Å²) in [6, 6.07) is 13.2. The van der Waals surface area contributed by atoms with Gasteiger partial charge < -0.3 is 14.5 Å². The van der Waals surface area contributed by atoms with Gasteiger partial charge in [-0.1, -0.05) is 34.1 Å². The highest BCUT2D eigenvalue weighted by atomic mass is 79.9. The smallest absolute Gasteiger partial charge is 0.374 e. The molecule has 1 N–H and O–H groups in total. The molecular weight excluding hydrogens is 480 g/mol. The lowest BCUT2D eigenvalue weighted by atomic mass is 10.1. The monoisotopic (exact) mass is 498 g/mol. The van der Waals surface area contributed by atoms with Gasteiger partial charge in [0.05, 0.1) is 12.1 Å². The van der Waals surface area contributed by atoms with Gasteiger partial charge in [-0.25, -0.2) is 9.78 Å². The second-order valence-corrected chi connectivity index (χ2v) is 8.90. The van der Waals surface area contributed by atoms with Crippen LogP contribution in [0.15, 0.2) is 56.7 Å². The number of ether oxygens (including phenoxy) is 1. The van der Waals surface area contributed by atoms with Gasteiger partial charge in [0.2, 0.25) is 11.7 Å². The molecule has 6 nitrogen and oxygen atoms in total. The molecule has 158 valence electrons. The number of nitrogens with zero attached hydrogens (tertiary/aromatic N) is 1. The van der Waals surface area contributed by atoms with E-state index < -0.39 is 5.97 Å². The summed E-state index contributed by atoms with van der Waals surface area (Å²) < 4.78 is 12.0.